The Morgan fingerprint density at radius 2 is 1.85 bits per heavy atom. The highest BCUT2D eigenvalue weighted by Gasteiger charge is 2.40. The molecule has 3 rings (SSSR count). The van der Waals surface area contributed by atoms with Crippen LogP contribution in [0.25, 0.3) is 0 Å². The number of carbonyl (C=O) groups is 2. The maximum absolute atomic E-state index is 13.0. The van der Waals surface area contributed by atoms with E-state index in [9.17, 15) is 9.59 Å². The zero-order valence-corrected chi connectivity index (χ0v) is 16.6. The largest absolute Gasteiger partial charge is 0.376 e. The molecule has 2 saturated heterocycles. The fourth-order valence-electron chi connectivity index (χ4n) is 4.01. The van der Waals surface area contributed by atoms with Crippen LogP contribution in [0.2, 0.25) is 0 Å². The Balaban J connectivity index is 1.47. The van der Waals surface area contributed by atoms with Gasteiger partial charge in [0.15, 0.2) is 0 Å². The number of carbonyl (C=O) groups excluding carboxylic acids is 2. The third kappa shape index (κ3) is 5.10. The van der Waals surface area contributed by atoms with Gasteiger partial charge in [-0.25, -0.2) is 0 Å². The molecule has 5 nitrogen and oxygen atoms in total. The summed E-state index contributed by atoms with van der Waals surface area (Å²) in [7, 11) is 0. The van der Waals surface area contributed by atoms with Crippen molar-refractivity contribution < 1.29 is 14.3 Å². The van der Waals surface area contributed by atoms with Crippen molar-refractivity contribution in [3.05, 3.63) is 35.9 Å². The SMILES string of the molecule is CC(C)(C(=O)NCC1CCCO1)C(=O)N1CCC(Cc2ccccc2)CC1. The highest BCUT2D eigenvalue weighted by molar-refractivity contribution is 6.04. The Labute approximate surface area is 162 Å². The van der Waals surface area contributed by atoms with Crippen molar-refractivity contribution in [2.24, 2.45) is 11.3 Å². The number of benzene rings is 1. The van der Waals surface area contributed by atoms with E-state index in [1.54, 1.807) is 13.8 Å². The van der Waals surface area contributed by atoms with Crippen LogP contribution in [0.15, 0.2) is 30.3 Å². The van der Waals surface area contributed by atoms with E-state index in [0.717, 1.165) is 51.8 Å². The zero-order chi connectivity index (χ0) is 19.3. The maximum atomic E-state index is 13.0. The van der Waals surface area contributed by atoms with Gasteiger partial charge in [-0.1, -0.05) is 30.3 Å². The van der Waals surface area contributed by atoms with Gasteiger partial charge in [0, 0.05) is 26.2 Å². The minimum Gasteiger partial charge on any atom is -0.376 e. The van der Waals surface area contributed by atoms with E-state index in [-0.39, 0.29) is 17.9 Å². The van der Waals surface area contributed by atoms with E-state index in [1.807, 2.05) is 11.0 Å². The number of ether oxygens (including phenoxy) is 1. The summed E-state index contributed by atoms with van der Waals surface area (Å²) in [6.45, 7) is 6.19. The molecule has 0 aliphatic carbocycles. The molecule has 1 N–H and O–H groups in total. The van der Waals surface area contributed by atoms with Crippen molar-refractivity contribution in [2.45, 2.75) is 52.1 Å². The summed E-state index contributed by atoms with van der Waals surface area (Å²) in [5.41, 5.74) is 0.321. The number of amides is 2. The topological polar surface area (TPSA) is 58.6 Å². The van der Waals surface area contributed by atoms with Gasteiger partial charge in [0.2, 0.25) is 11.8 Å². The van der Waals surface area contributed by atoms with Crippen molar-refractivity contribution in [3.63, 3.8) is 0 Å². The monoisotopic (exact) mass is 372 g/mol. The van der Waals surface area contributed by atoms with Gasteiger partial charge >= 0.3 is 0 Å². The quantitative estimate of drug-likeness (QED) is 0.781. The summed E-state index contributed by atoms with van der Waals surface area (Å²) in [5.74, 6) is 0.341. The molecule has 0 saturated carbocycles. The summed E-state index contributed by atoms with van der Waals surface area (Å²) in [6.07, 6.45) is 5.16. The lowest BCUT2D eigenvalue weighted by Gasteiger charge is -2.36. The van der Waals surface area contributed by atoms with Gasteiger partial charge in [-0.3, -0.25) is 9.59 Å². The van der Waals surface area contributed by atoms with Gasteiger partial charge in [-0.2, -0.15) is 0 Å². The van der Waals surface area contributed by atoms with Crippen molar-refractivity contribution in [2.75, 3.05) is 26.2 Å². The highest BCUT2D eigenvalue weighted by atomic mass is 16.5. The second kappa shape index (κ2) is 8.87. The van der Waals surface area contributed by atoms with Gasteiger partial charge in [0.25, 0.3) is 0 Å². The standard InChI is InChI=1S/C22H32N2O3/c1-22(2,20(25)23-16-19-9-6-14-27-19)21(26)24-12-10-18(11-13-24)15-17-7-4-3-5-8-17/h3-5,7-8,18-19H,6,9-16H2,1-2H3,(H,23,25). The Bertz CT molecular complexity index is 630. The van der Waals surface area contributed by atoms with Crippen LogP contribution in [0, 0.1) is 11.3 Å². The van der Waals surface area contributed by atoms with Crippen molar-refractivity contribution >= 4 is 11.8 Å². The lowest BCUT2D eigenvalue weighted by molar-refractivity contribution is -0.149. The molecule has 2 aliphatic heterocycles. The molecule has 0 radical (unpaired) electrons. The van der Waals surface area contributed by atoms with Crippen molar-refractivity contribution in [1.82, 2.24) is 10.2 Å². The third-order valence-corrected chi connectivity index (χ3v) is 5.89. The Morgan fingerprint density at radius 1 is 1.15 bits per heavy atom. The molecular weight excluding hydrogens is 340 g/mol. The lowest BCUT2D eigenvalue weighted by Crippen LogP contribution is -2.52. The van der Waals surface area contributed by atoms with Gasteiger partial charge in [0.05, 0.1) is 6.10 Å². The molecule has 2 heterocycles. The van der Waals surface area contributed by atoms with Gasteiger partial charge in [-0.05, 0) is 57.4 Å². The summed E-state index contributed by atoms with van der Waals surface area (Å²) >= 11 is 0. The summed E-state index contributed by atoms with van der Waals surface area (Å²) in [5, 5.41) is 2.91. The van der Waals surface area contributed by atoms with Crippen LogP contribution >= 0.6 is 0 Å². The Hall–Kier alpha value is -1.88. The fourth-order valence-corrected chi connectivity index (χ4v) is 4.01. The van der Waals surface area contributed by atoms with Crippen molar-refractivity contribution in [1.29, 1.82) is 0 Å². The predicted octanol–water partition coefficient (Wildman–Crippen LogP) is 2.79. The normalized spacial score (nSPS) is 21.3. The molecular formula is C22H32N2O3. The number of hydrogen-bond donors (Lipinski definition) is 1. The molecule has 5 heteroatoms. The van der Waals surface area contributed by atoms with Crippen molar-refractivity contribution in [3.8, 4) is 0 Å². The maximum Gasteiger partial charge on any atom is 0.237 e. The molecule has 2 amide bonds. The van der Waals surface area contributed by atoms with Crippen LogP contribution in [0.4, 0.5) is 0 Å². The van der Waals surface area contributed by atoms with E-state index < -0.39 is 5.41 Å². The average Bonchev–Trinajstić information content (AvgIpc) is 3.20. The number of nitrogens with zero attached hydrogens (tertiary/aromatic N) is 1. The number of rotatable bonds is 6. The minimum absolute atomic E-state index is 0.0644. The number of piperidine rings is 1. The van der Waals surface area contributed by atoms with Gasteiger partial charge in [0.1, 0.15) is 5.41 Å². The number of likely N-dealkylation sites (tertiary alicyclic amines) is 1. The average molecular weight is 373 g/mol. The molecule has 1 aromatic carbocycles. The van der Waals surface area contributed by atoms with E-state index in [1.165, 1.54) is 5.56 Å². The molecule has 2 fully saturated rings. The second-order valence-electron chi connectivity index (χ2n) is 8.40. The first kappa shape index (κ1) is 19.9. The first-order valence-electron chi connectivity index (χ1n) is 10.2. The number of nitrogens with one attached hydrogen (secondary N) is 1. The number of hydrogen-bond acceptors (Lipinski definition) is 3. The molecule has 27 heavy (non-hydrogen) atoms. The Morgan fingerprint density at radius 3 is 2.48 bits per heavy atom. The Kier molecular flexibility index (Phi) is 6.53. The summed E-state index contributed by atoms with van der Waals surface area (Å²) < 4.78 is 5.54. The molecule has 1 unspecified atom stereocenters. The van der Waals surface area contributed by atoms with E-state index in [4.69, 9.17) is 4.74 Å². The van der Waals surface area contributed by atoms with Crippen LogP contribution in [0.3, 0.4) is 0 Å². The van der Waals surface area contributed by atoms with E-state index >= 15 is 0 Å². The van der Waals surface area contributed by atoms with Crippen LogP contribution in [-0.2, 0) is 20.7 Å². The van der Waals surface area contributed by atoms with Gasteiger partial charge < -0.3 is 15.0 Å². The molecule has 1 aromatic rings. The highest BCUT2D eigenvalue weighted by Crippen LogP contribution is 2.26. The summed E-state index contributed by atoms with van der Waals surface area (Å²) in [6, 6.07) is 10.5. The van der Waals surface area contributed by atoms with E-state index in [2.05, 4.69) is 29.6 Å². The molecule has 148 valence electrons. The van der Waals surface area contributed by atoms with Crippen LogP contribution in [-0.4, -0.2) is 49.1 Å². The molecule has 0 bridgehead atoms. The van der Waals surface area contributed by atoms with Crippen LogP contribution in [0.1, 0.15) is 45.1 Å². The molecule has 1 atom stereocenters. The predicted molar refractivity (Wildman–Crippen MR) is 105 cm³/mol. The molecule has 2 aliphatic rings. The van der Waals surface area contributed by atoms with Crippen LogP contribution < -0.4 is 5.32 Å². The van der Waals surface area contributed by atoms with Crippen LogP contribution in [0.5, 0.6) is 0 Å². The molecule has 0 aromatic heterocycles. The lowest BCUT2D eigenvalue weighted by atomic mass is 9.86. The molecule has 0 spiro atoms. The second-order valence-corrected chi connectivity index (χ2v) is 8.40. The minimum atomic E-state index is -1.04. The first-order chi connectivity index (χ1) is 13.0. The zero-order valence-electron chi connectivity index (χ0n) is 16.6. The summed E-state index contributed by atoms with van der Waals surface area (Å²) in [4.78, 5) is 27.4. The van der Waals surface area contributed by atoms with Gasteiger partial charge in [-0.15, -0.1) is 0 Å². The first-order valence-corrected chi connectivity index (χ1v) is 10.2. The fraction of sp³-hybridized carbons (Fsp3) is 0.636. The smallest absolute Gasteiger partial charge is 0.237 e. The third-order valence-electron chi connectivity index (χ3n) is 5.89. The van der Waals surface area contributed by atoms with E-state index in [0.29, 0.717) is 12.5 Å².